The van der Waals surface area contributed by atoms with Crippen LogP contribution in [0.1, 0.15) is 49.0 Å². The minimum atomic E-state index is 0.104. The summed E-state index contributed by atoms with van der Waals surface area (Å²) in [4.78, 5) is 17.5. The van der Waals surface area contributed by atoms with Crippen molar-refractivity contribution in [1.82, 2.24) is 4.98 Å². The van der Waals surface area contributed by atoms with Gasteiger partial charge in [0.15, 0.2) is 5.13 Å². The predicted molar refractivity (Wildman–Crippen MR) is 91.2 cm³/mol. The van der Waals surface area contributed by atoms with Crippen molar-refractivity contribution in [3.05, 3.63) is 47.0 Å². The molecule has 1 N–H and O–H groups in total. The highest BCUT2D eigenvalue weighted by molar-refractivity contribution is 7.15. The Morgan fingerprint density at radius 2 is 2.00 bits per heavy atom. The molecule has 3 nitrogen and oxygen atoms in total. The number of hydrogen-bond acceptors (Lipinski definition) is 3. The number of benzene rings is 1. The molecule has 1 aromatic heterocycles. The van der Waals surface area contributed by atoms with Crippen molar-refractivity contribution < 1.29 is 4.79 Å². The molecule has 4 heteroatoms. The molecule has 0 radical (unpaired) electrons. The minimum Gasteiger partial charge on any atom is -0.302 e. The second-order valence-electron chi connectivity index (χ2n) is 6.03. The monoisotopic (exact) mass is 314 g/mol. The zero-order chi connectivity index (χ0) is 15.2. The van der Waals surface area contributed by atoms with Gasteiger partial charge in [-0.05, 0) is 17.9 Å². The van der Waals surface area contributed by atoms with Gasteiger partial charge in [0.2, 0.25) is 5.91 Å². The van der Waals surface area contributed by atoms with Crippen molar-refractivity contribution in [2.45, 2.75) is 44.9 Å². The van der Waals surface area contributed by atoms with Crippen molar-refractivity contribution in [3.63, 3.8) is 0 Å². The van der Waals surface area contributed by atoms with Gasteiger partial charge in [-0.25, -0.2) is 4.98 Å². The van der Waals surface area contributed by atoms with Crippen molar-refractivity contribution in [1.29, 1.82) is 0 Å². The van der Waals surface area contributed by atoms with E-state index in [2.05, 4.69) is 22.4 Å². The number of carbonyl (C=O) groups excluding carboxylic acids is 1. The van der Waals surface area contributed by atoms with Crippen LogP contribution < -0.4 is 5.32 Å². The largest absolute Gasteiger partial charge is 0.302 e. The van der Waals surface area contributed by atoms with E-state index >= 15 is 0 Å². The van der Waals surface area contributed by atoms with Crippen LogP contribution in [0.4, 0.5) is 5.13 Å². The number of aromatic nitrogens is 1. The second-order valence-corrected chi connectivity index (χ2v) is 7.15. The number of nitrogens with one attached hydrogen (secondary N) is 1. The molecule has 3 rings (SSSR count). The molecule has 1 aliphatic carbocycles. The zero-order valence-electron chi connectivity index (χ0n) is 12.8. The molecule has 0 atom stereocenters. The van der Waals surface area contributed by atoms with Crippen LogP contribution in [0.15, 0.2) is 36.5 Å². The number of hydrogen-bond donors (Lipinski definition) is 1. The van der Waals surface area contributed by atoms with Crippen molar-refractivity contribution in [2.75, 3.05) is 5.32 Å². The molecule has 22 heavy (non-hydrogen) atoms. The predicted octanol–water partition coefficient (Wildman–Crippen LogP) is 4.64. The van der Waals surface area contributed by atoms with Gasteiger partial charge in [-0.15, -0.1) is 11.3 Å². The van der Waals surface area contributed by atoms with Gasteiger partial charge in [0.1, 0.15) is 0 Å². The SMILES string of the molecule is O=C(CCC1CCCC1)Nc1ncc(Cc2ccccc2)s1. The molecule has 1 heterocycles. The maximum absolute atomic E-state index is 12.0. The van der Waals surface area contributed by atoms with Gasteiger partial charge < -0.3 is 5.32 Å². The lowest BCUT2D eigenvalue weighted by molar-refractivity contribution is -0.116. The average molecular weight is 314 g/mol. The maximum atomic E-state index is 12.0. The summed E-state index contributed by atoms with van der Waals surface area (Å²) in [6.45, 7) is 0. The van der Waals surface area contributed by atoms with Gasteiger partial charge in [-0.2, -0.15) is 0 Å². The summed E-state index contributed by atoms with van der Waals surface area (Å²) in [5.41, 5.74) is 1.27. The Bertz CT molecular complexity index is 603. The number of nitrogens with zero attached hydrogens (tertiary/aromatic N) is 1. The molecule has 2 aromatic rings. The van der Waals surface area contributed by atoms with E-state index < -0.39 is 0 Å². The van der Waals surface area contributed by atoms with E-state index in [1.54, 1.807) is 11.3 Å². The van der Waals surface area contributed by atoms with Crippen LogP contribution in [-0.2, 0) is 11.2 Å². The van der Waals surface area contributed by atoms with Crippen LogP contribution >= 0.6 is 11.3 Å². The molecule has 0 saturated heterocycles. The lowest BCUT2D eigenvalue weighted by Gasteiger charge is -2.07. The highest BCUT2D eigenvalue weighted by Gasteiger charge is 2.16. The molecular weight excluding hydrogens is 292 g/mol. The summed E-state index contributed by atoms with van der Waals surface area (Å²) >= 11 is 1.57. The van der Waals surface area contributed by atoms with Crippen LogP contribution in [0.25, 0.3) is 0 Å². The fraction of sp³-hybridized carbons (Fsp3) is 0.444. The van der Waals surface area contributed by atoms with Crippen molar-refractivity contribution in [2.24, 2.45) is 5.92 Å². The Balaban J connectivity index is 1.47. The van der Waals surface area contributed by atoms with Crippen LogP contribution in [0, 0.1) is 5.92 Å². The highest BCUT2D eigenvalue weighted by atomic mass is 32.1. The fourth-order valence-corrected chi connectivity index (χ4v) is 3.92. The first-order valence-corrected chi connectivity index (χ1v) is 8.90. The molecule has 0 spiro atoms. The Hall–Kier alpha value is -1.68. The van der Waals surface area contributed by atoms with E-state index in [1.165, 1.54) is 36.1 Å². The summed E-state index contributed by atoms with van der Waals surface area (Å²) in [6.07, 6.45) is 9.65. The van der Waals surface area contributed by atoms with Gasteiger partial charge >= 0.3 is 0 Å². The third-order valence-electron chi connectivity index (χ3n) is 4.28. The normalized spacial score (nSPS) is 15.1. The summed E-state index contributed by atoms with van der Waals surface area (Å²) in [7, 11) is 0. The standard InChI is InChI=1S/C18H22N2OS/c21-17(11-10-14-6-4-5-7-14)20-18-19-13-16(22-18)12-15-8-2-1-3-9-15/h1-3,8-9,13-14H,4-7,10-12H2,(H,19,20,21). The first-order chi connectivity index (χ1) is 10.8. The molecular formula is C18H22N2OS. The van der Waals surface area contributed by atoms with Gasteiger partial charge in [0, 0.05) is 23.9 Å². The molecule has 116 valence electrons. The molecule has 0 aliphatic heterocycles. The Morgan fingerprint density at radius 1 is 1.23 bits per heavy atom. The molecule has 1 aliphatic rings. The van der Waals surface area contributed by atoms with Gasteiger partial charge in [0.25, 0.3) is 0 Å². The first-order valence-electron chi connectivity index (χ1n) is 8.08. The summed E-state index contributed by atoms with van der Waals surface area (Å²) in [5, 5.41) is 3.66. The number of rotatable bonds is 6. The minimum absolute atomic E-state index is 0.104. The van der Waals surface area contributed by atoms with E-state index in [1.807, 2.05) is 24.4 Å². The molecule has 1 aromatic carbocycles. The topological polar surface area (TPSA) is 42.0 Å². The van der Waals surface area contributed by atoms with E-state index in [9.17, 15) is 4.79 Å². The molecule has 0 unspecified atom stereocenters. The van der Waals surface area contributed by atoms with Gasteiger partial charge in [-0.1, -0.05) is 56.0 Å². The first kappa shape index (κ1) is 15.2. The molecule has 0 bridgehead atoms. The molecule has 1 amide bonds. The number of carbonyl (C=O) groups is 1. The number of anilines is 1. The maximum Gasteiger partial charge on any atom is 0.226 e. The third-order valence-corrected chi connectivity index (χ3v) is 5.19. The lowest BCUT2D eigenvalue weighted by Crippen LogP contribution is -2.12. The van der Waals surface area contributed by atoms with E-state index in [0.29, 0.717) is 6.42 Å². The Labute approximate surface area is 135 Å². The van der Waals surface area contributed by atoms with E-state index in [-0.39, 0.29) is 5.91 Å². The fourth-order valence-electron chi connectivity index (χ4n) is 3.06. The average Bonchev–Trinajstić information content (AvgIpc) is 3.18. The quantitative estimate of drug-likeness (QED) is 0.843. The molecule has 1 fully saturated rings. The van der Waals surface area contributed by atoms with Gasteiger partial charge in [-0.3, -0.25) is 4.79 Å². The zero-order valence-corrected chi connectivity index (χ0v) is 13.6. The second kappa shape index (κ2) is 7.54. The summed E-state index contributed by atoms with van der Waals surface area (Å²) < 4.78 is 0. The van der Waals surface area contributed by atoms with Crippen LogP contribution in [0.5, 0.6) is 0 Å². The Kier molecular flexibility index (Phi) is 5.22. The van der Waals surface area contributed by atoms with E-state index in [0.717, 1.165) is 23.9 Å². The Morgan fingerprint density at radius 3 is 2.77 bits per heavy atom. The summed E-state index contributed by atoms with van der Waals surface area (Å²) in [6, 6.07) is 10.3. The lowest BCUT2D eigenvalue weighted by atomic mass is 10.0. The third kappa shape index (κ3) is 4.41. The smallest absolute Gasteiger partial charge is 0.226 e. The molecule has 1 saturated carbocycles. The van der Waals surface area contributed by atoms with Gasteiger partial charge in [0.05, 0.1) is 0 Å². The van der Waals surface area contributed by atoms with Crippen molar-refractivity contribution in [3.8, 4) is 0 Å². The van der Waals surface area contributed by atoms with Crippen LogP contribution in [-0.4, -0.2) is 10.9 Å². The van der Waals surface area contributed by atoms with E-state index in [4.69, 9.17) is 0 Å². The van der Waals surface area contributed by atoms with Crippen LogP contribution in [0.3, 0.4) is 0 Å². The number of thiazole rings is 1. The van der Waals surface area contributed by atoms with Crippen LogP contribution in [0.2, 0.25) is 0 Å². The van der Waals surface area contributed by atoms with Crippen molar-refractivity contribution >= 4 is 22.4 Å². The number of amides is 1. The highest BCUT2D eigenvalue weighted by Crippen LogP contribution is 2.28. The summed E-state index contributed by atoms with van der Waals surface area (Å²) in [5.74, 6) is 0.864.